The van der Waals surface area contributed by atoms with Crippen molar-refractivity contribution in [3.63, 3.8) is 0 Å². The van der Waals surface area contributed by atoms with E-state index < -0.39 is 14.6 Å². The Morgan fingerprint density at radius 2 is 2.00 bits per heavy atom. The average molecular weight is 309 g/mol. The molecule has 0 saturated carbocycles. The lowest BCUT2D eigenvalue weighted by Crippen LogP contribution is -2.42. The monoisotopic (exact) mass is 309 g/mol. The van der Waals surface area contributed by atoms with Gasteiger partial charge in [0.25, 0.3) is 0 Å². The number of aryl methyl sites for hydroxylation is 1. The Morgan fingerprint density at radius 1 is 1.33 bits per heavy atom. The zero-order chi connectivity index (χ0) is 15.8. The van der Waals surface area contributed by atoms with Crippen LogP contribution < -0.4 is 0 Å². The van der Waals surface area contributed by atoms with Crippen LogP contribution in [0.3, 0.4) is 0 Å². The highest BCUT2D eigenvalue weighted by Gasteiger charge is 2.31. The minimum atomic E-state index is -3.09. The third-order valence-electron chi connectivity index (χ3n) is 3.82. The molecule has 6 heteroatoms. The van der Waals surface area contributed by atoms with E-state index in [1.165, 1.54) is 11.8 Å². The molecule has 0 saturated heterocycles. The summed E-state index contributed by atoms with van der Waals surface area (Å²) in [6, 6.07) is 4.02. The topological polar surface area (TPSA) is 54.7 Å². The highest BCUT2D eigenvalue weighted by Crippen LogP contribution is 2.18. The van der Waals surface area contributed by atoms with Crippen LogP contribution in [0, 0.1) is 6.92 Å². The maximum atomic E-state index is 11.8. The number of nitrogens with zero attached hydrogens (tertiary/aromatic N) is 3. The molecule has 2 aromatic rings. The SMILES string of the molecule is Cc1ccc2ncc(CN(C)CC(C)(C)S(C)(=O)=O)n2c1. The molecule has 2 aromatic heterocycles. The van der Waals surface area contributed by atoms with Gasteiger partial charge in [0, 0.05) is 25.5 Å². The number of imidazole rings is 1. The molecule has 0 aliphatic carbocycles. The normalized spacial score (nSPS) is 13.2. The quantitative estimate of drug-likeness (QED) is 0.846. The minimum absolute atomic E-state index is 0.477. The summed E-state index contributed by atoms with van der Waals surface area (Å²) in [5, 5.41) is 0. The summed E-state index contributed by atoms with van der Waals surface area (Å²) in [6.45, 7) is 6.70. The van der Waals surface area contributed by atoms with E-state index in [1.807, 2.05) is 43.4 Å². The van der Waals surface area contributed by atoms with Gasteiger partial charge in [0.2, 0.25) is 0 Å². The van der Waals surface area contributed by atoms with E-state index in [-0.39, 0.29) is 0 Å². The summed E-state index contributed by atoms with van der Waals surface area (Å²) in [4.78, 5) is 6.40. The predicted molar refractivity (Wildman–Crippen MR) is 85.2 cm³/mol. The van der Waals surface area contributed by atoms with Crippen molar-refractivity contribution in [3.05, 3.63) is 35.8 Å². The second-order valence-corrected chi connectivity index (χ2v) is 9.04. The zero-order valence-electron chi connectivity index (χ0n) is 13.3. The second kappa shape index (κ2) is 5.42. The van der Waals surface area contributed by atoms with E-state index >= 15 is 0 Å². The maximum absolute atomic E-state index is 11.8. The number of rotatable bonds is 5. The largest absolute Gasteiger partial charge is 0.303 e. The first kappa shape index (κ1) is 16.0. The Kier molecular flexibility index (Phi) is 4.13. The molecule has 116 valence electrons. The van der Waals surface area contributed by atoms with Gasteiger partial charge in [-0.05, 0) is 39.4 Å². The first-order valence-corrected chi connectivity index (χ1v) is 8.80. The molecule has 0 fully saturated rings. The number of hydrogen-bond acceptors (Lipinski definition) is 4. The molecule has 0 spiro atoms. The molecule has 21 heavy (non-hydrogen) atoms. The Hall–Kier alpha value is -1.40. The van der Waals surface area contributed by atoms with Crippen LogP contribution in [0.5, 0.6) is 0 Å². The van der Waals surface area contributed by atoms with Gasteiger partial charge in [-0.25, -0.2) is 13.4 Å². The standard InChI is InChI=1S/C15H23N3O2S/c1-12-6-7-14-16-8-13(18(14)9-12)10-17(4)11-15(2,3)21(5,19)20/h6-9H,10-11H2,1-5H3. The van der Waals surface area contributed by atoms with Gasteiger partial charge in [-0.1, -0.05) is 6.07 Å². The Morgan fingerprint density at radius 3 is 2.62 bits per heavy atom. The molecule has 0 radical (unpaired) electrons. The van der Waals surface area contributed by atoms with Gasteiger partial charge < -0.3 is 4.40 Å². The number of aromatic nitrogens is 2. The number of sulfone groups is 1. The van der Waals surface area contributed by atoms with E-state index in [2.05, 4.69) is 9.38 Å². The Balaban J connectivity index is 2.19. The highest BCUT2D eigenvalue weighted by atomic mass is 32.2. The maximum Gasteiger partial charge on any atom is 0.153 e. The molecule has 0 aliphatic heterocycles. The molecule has 0 unspecified atom stereocenters. The van der Waals surface area contributed by atoms with Crippen molar-refractivity contribution in [2.75, 3.05) is 19.8 Å². The summed E-state index contributed by atoms with van der Waals surface area (Å²) in [6.07, 6.45) is 5.18. The lowest BCUT2D eigenvalue weighted by Gasteiger charge is -2.28. The summed E-state index contributed by atoms with van der Waals surface area (Å²) in [5.74, 6) is 0. The fourth-order valence-electron chi connectivity index (χ4n) is 2.35. The molecule has 2 heterocycles. The van der Waals surface area contributed by atoms with Gasteiger partial charge in [0.1, 0.15) is 5.65 Å². The van der Waals surface area contributed by atoms with Gasteiger partial charge in [0.15, 0.2) is 9.84 Å². The molecule has 0 aliphatic rings. The summed E-state index contributed by atoms with van der Waals surface area (Å²) >= 11 is 0. The fourth-order valence-corrected chi connectivity index (χ4v) is 2.81. The van der Waals surface area contributed by atoms with Crippen LogP contribution in [0.15, 0.2) is 24.5 Å². The number of pyridine rings is 1. The molecule has 0 amide bonds. The third-order valence-corrected chi connectivity index (χ3v) is 5.95. The fraction of sp³-hybridized carbons (Fsp3) is 0.533. The van der Waals surface area contributed by atoms with Crippen LogP contribution in [0.2, 0.25) is 0 Å². The Bertz CT molecular complexity index is 747. The first-order valence-electron chi connectivity index (χ1n) is 6.91. The van der Waals surface area contributed by atoms with Gasteiger partial charge >= 0.3 is 0 Å². The van der Waals surface area contributed by atoms with Crippen LogP contribution >= 0.6 is 0 Å². The molecule has 0 bridgehead atoms. The van der Waals surface area contributed by atoms with Crippen molar-refractivity contribution >= 4 is 15.5 Å². The third kappa shape index (κ3) is 3.44. The van der Waals surface area contributed by atoms with Crippen molar-refractivity contribution in [3.8, 4) is 0 Å². The van der Waals surface area contributed by atoms with Crippen LogP contribution in [0.25, 0.3) is 5.65 Å². The lowest BCUT2D eigenvalue weighted by atomic mass is 10.2. The van der Waals surface area contributed by atoms with Crippen molar-refractivity contribution in [1.82, 2.24) is 14.3 Å². The van der Waals surface area contributed by atoms with Crippen LogP contribution in [0.4, 0.5) is 0 Å². The summed E-state index contributed by atoms with van der Waals surface area (Å²) < 4.78 is 24.9. The zero-order valence-corrected chi connectivity index (χ0v) is 14.1. The average Bonchev–Trinajstić information content (AvgIpc) is 2.69. The second-order valence-electron chi connectivity index (χ2n) is 6.39. The Labute approximate surface area is 126 Å². The van der Waals surface area contributed by atoms with Gasteiger partial charge in [-0.3, -0.25) is 4.90 Å². The molecular weight excluding hydrogens is 286 g/mol. The predicted octanol–water partition coefficient (Wildman–Crippen LogP) is 1.90. The van der Waals surface area contributed by atoms with E-state index in [0.717, 1.165) is 11.3 Å². The van der Waals surface area contributed by atoms with Gasteiger partial charge in [0.05, 0.1) is 16.6 Å². The van der Waals surface area contributed by atoms with Crippen LogP contribution in [-0.4, -0.2) is 47.3 Å². The van der Waals surface area contributed by atoms with E-state index in [0.29, 0.717) is 13.1 Å². The molecule has 0 atom stereocenters. The number of hydrogen-bond donors (Lipinski definition) is 0. The smallest absolute Gasteiger partial charge is 0.153 e. The van der Waals surface area contributed by atoms with Gasteiger partial charge in [-0.2, -0.15) is 0 Å². The summed E-state index contributed by atoms with van der Waals surface area (Å²) in [5.41, 5.74) is 3.13. The molecular formula is C15H23N3O2S. The van der Waals surface area contributed by atoms with Crippen LogP contribution in [-0.2, 0) is 16.4 Å². The van der Waals surface area contributed by atoms with E-state index in [4.69, 9.17) is 0 Å². The van der Waals surface area contributed by atoms with Gasteiger partial charge in [-0.15, -0.1) is 0 Å². The van der Waals surface area contributed by atoms with Crippen molar-refractivity contribution in [1.29, 1.82) is 0 Å². The lowest BCUT2D eigenvalue weighted by molar-refractivity contribution is 0.292. The highest BCUT2D eigenvalue weighted by molar-refractivity contribution is 7.92. The molecule has 0 N–H and O–H groups in total. The van der Waals surface area contributed by atoms with Crippen molar-refractivity contribution in [2.24, 2.45) is 0 Å². The molecule has 2 rings (SSSR count). The molecule has 0 aromatic carbocycles. The van der Waals surface area contributed by atoms with E-state index in [9.17, 15) is 8.42 Å². The summed E-state index contributed by atoms with van der Waals surface area (Å²) in [7, 11) is -1.16. The van der Waals surface area contributed by atoms with E-state index in [1.54, 1.807) is 13.8 Å². The van der Waals surface area contributed by atoms with Crippen LogP contribution in [0.1, 0.15) is 25.1 Å². The van der Waals surface area contributed by atoms with Crippen molar-refractivity contribution in [2.45, 2.75) is 32.1 Å². The molecule has 5 nitrogen and oxygen atoms in total. The number of fused-ring (bicyclic) bond motifs is 1. The minimum Gasteiger partial charge on any atom is -0.303 e. The van der Waals surface area contributed by atoms with Crippen molar-refractivity contribution < 1.29 is 8.42 Å². The first-order chi connectivity index (χ1) is 9.60.